The van der Waals surface area contributed by atoms with Crippen LogP contribution in [0.4, 0.5) is 5.69 Å². The number of carbonyl (C=O) groups excluding carboxylic acids is 1. The fraction of sp³-hybridized carbons (Fsp3) is 0.158. The van der Waals surface area contributed by atoms with Crippen LogP contribution in [0.1, 0.15) is 24.1 Å². The van der Waals surface area contributed by atoms with Crippen molar-refractivity contribution in [3.63, 3.8) is 0 Å². The van der Waals surface area contributed by atoms with Gasteiger partial charge in [-0.15, -0.1) is 0 Å². The van der Waals surface area contributed by atoms with E-state index in [1.54, 1.807) is 18.2 Å². The lowest BCUT2D eigenvalue weighted by molar-refractivity contribution is -0.113. The molecular formula is C19H17Cl2N3OS. The van der Waals surface area contributed by atoms with Crippen molar-refractivity contribution < 1.29 is 4.79 Å². The van der Waals surface area contributed by atoms with Crippen molar-refractivity contribution >= 4 is 52.1 Å². The molecular weight excluding hydrogens is 389 g/mol. The average Bonchev–Trinajstić information content (AvgIpc) is 2.57. The molecule has 3 N–H and O–H groups in total. The lowest BCUT2D eigenvalue weighted by Crippen LogP contribution is -2.45. The molecule has 0 radical (unpaired) electrons. The van der Waals surface area contributed by atoms with Crippen LogP contribution < -0.4 is 16.0 Å². The van der Waals surface area contributed by atoms with Crippen molar-refractivity contribution in [1.82, 2.24) is 10.6 Å². The number of allylic oxidation sites excluding steroid dienone is 1. The maximum atomic E-state index is 13.0. The Hall–Kier alpha value is -2.08. The summed E-state index contributed by atoms with van der Waals surface area (Å²) in [5.41, 5.74) is 3.68. The summed E-state index contributed by atoms with van der Waals surface area (Å²) in [5, 5.41) is 10.7. The van der Waals surface area contributed by atoms with Gasteiger partial charge in [-0.05, 0) is 61.5 Å². The number of hydrogen-bond donors (Lipinski definition) is 3. The van der Waals surface area contributed by atoms with Gasteiger partial charge in [-0.1, -0.05) is 41.4 Å². The third kappa shape index (κ3) is 4.01. The Labute approximate surface area is 167 Å². The summed E-state index contributed by atoms with van der Waals surface area (Å²) in [7, 11) is 0. The molecule has 1 atom stereocenters. The number of carbonyl (C=O) groups is 1. The van der Waals surface area contributed by atoms with E-state index in [1.165, 1.54) is 0 Å². The summed E-state index contributed by atoms with van der Waals surface area (Å²) in [6.45, 7) is 3.73. The molecule has 0 spiro atoms. The number of aryl methyl sites for hydroxylation is 1. The minimum absolute atomic E-state index is 0.236. The lowest BCUT2D eigenvalue weighted by atomic mass is 9.95. The summed E-state index contributed by atoms with van der Waals surface area (Å²) < 4.78 is 0. The van der Waals surface area contributed by atoms with Crippen LogP contribution in [0, 0.1) is 6.92 Å². The quantitative estimate of drug-likeness (QED) is 0.645. The SMILES string of the molecule is CC1=C(C(=O)Nc2cc(Cl)ccc2C)C(c2cccc(Cl)c2)NC(=S)N1. The van der Waals surface area contributed by atoms with Gasteiger partial charge in [-0.3, -0.25) is 4.79 Å². The molecule has 7 heteroatoms. The van der Waals surface area contributed by atoms with Crippen LogP contribution in [0.3, 0.4) is 0 Å². The fourth-order valence-corrected chi connectivity index (χ4v) is 3.49. The maximum Gasteiger partial charge on any atom is 0.255 e. The number of amides is 1. The Kier molecular flexibility index (Phi) is 5.51. The predicted molar refractivity (Wildman–Crippen MR) is 111 cm³/mol. The second-order valence-corrected chi connectivity index (χ2v) is 7.32. The first kappa shape index (κ1) is 18.7. The zero-order valence-corrected chi connectivity index (χ0v) is 16.5. The van der Waals surface area contributed by atoms with Crippen LogP contribution in [0.5, 0.6) is 0 Å². The molecule has 4 nitrogen and oxygen atoms in total. The largest absolute Gasteiger partial charge is 0.351 e. The average molecular weight is 406 g/mol. The van der Waals surface area contributed by atoms with E-state index >= 15 is 0 Å². The van der Waals surface area contributed by atoms with E-state index in [-0.39, 0.29) is 5.91 Å². The summed E-state index contributed by atoms with van der Waals surface area (Å²) in [5.74, 6) is -0.236. The highest BCUT2D eigenvalue weighted by molar-refractivity contribution is 7.80. The van der Waals surface area contributed by atoms with Gasteiger partial charge in [-0.25, -0.2) is 0 Å². The van der Waals surface area contributed by atoms with Crippen LogP contribution >= 0.6 is 35.4 Å². The van der Waals surface area contributed by atoms with Crippen LogP contribution in [-0.2, 0) is 4.79 Å². The molecule has 1 amide bonds. The predicted octanol–water partition coefficient (Wildman–Crippen LogP) is 4.73. The summed E-state index contributed by atoms with van der Waals surface area (Å²) >= 11 is 17.4. The molecule has 2 aromatic carbocycles. The van der Waals surface area contributed by atoms with Crippen LogP contribution in [-0.4, -0.2) is 11.0 Å². The first-order valence-electron chi connectivity index (χ1n) is 7.96. The van der Waals surface area contributed by atoms with Crippen LogP contribution in [0.25, 0.3) is 0 Å². The van der Waals surface area contributed by atoms with Gasteiger partial charge in [0, 0.05) is 21.4 Å². The molecule has 26 heavy (non-hydrogen) atoms. The molecule has 134 valence electrons. The van der Waals surface area contributed by atoms with Crippen LogP contribution in [0.2, 0.25) is 10.0 Å². The van der Waals surface area contributed by atoms with Crippen LogP contribution in [0.15, 0.2) is 53.7 Å². The number of hydrogen-bond acceptors (Lipinski definition) is 2. The molecule has 0 saturated carbocycles. The van der Waals surface area contributed by atoms with E-state index in [0.29, 0.717) is 32.1 Å². The van der Waals surface area contributed by atoms with Gasteiger partial charge in [0.1, 0.15) is 0 Å². The Balaban J connectivity index is 1.98. The number of anilines is 1. The second-order valence-electron chi connectivity index (χ2n) is 6.04. The Bertz CT molecular complexity index is 927. The Morgan fingerprint density at radius 3 is 2.58 bits per heavy atom. The molecule has 0 fully saturated rings. The zero-order chi connectivity index (χ0) is 18.8. The standard InChI is InChI=1S/C19H17Cl2N3OS/c1-10-6-7-14(21)9-15(10)23-18(25)16-11(2)22-19(26)24-17(16)12-4-3-5-13(20)8-12/h3-9,17H,1-2H3,(H,23,25)(H2,22,24,26). The maximum absolute atomic E-state index is 13.0. The highest BCUT2D eigenvalue weighted by atomic mass is 35.5. The highest BCUT2D eigenvalue weighted by Gasteiger charge is 2.30. The molecule has 0 saturated heterocycles. The highest BCUT2D eigenvalue weighted by Crippen LogP contribution is 2.30. The minimum atomic E-state index is -0.401. The van der Waals surface area contributed by atoms with E-state index in [2.05, 4.69) is 16.0 Å². The number of thiocarbonyl (C=S) groups is 1. The Morgan fingerprint density at radius 1 is 1.12 bits per heavy atom. The third-order valence-corrected chi connectivity index (χ3v) is 4.83. The first-order chi connectivity index (χ1) is 12.3. The first-order valence-corrected chi connectivity index (χ1v) is 9.13. The van der Waals surface area contributed by atoms with E-state index in [9.17, 15) is 4.79 Å². The van der Waals surface area contributed by atoms with Gasteiger partial charge in [0.15, 0.2) is 5.11 Å². The number of halogens is 2. The minimum Gasteiger partial charge on any atom is -0.351 e. The van der Waals surface area contributed by atoms with Crippen molar-refractivity contribution in [1.29, 1.82) is 0 Å². The molecule has 0 aromatic heterocycles. The van der Waals surface area contributed by atoms with Crippen molar-refractivity contribution in [2.24, 2.45) is 0 Å². The van der Waals surface area contributed by atoms with E-state index < -0.39 is 6.04 Å². The lowest BCUT2D eigenvalue weighted by Gasteiger charge is -2.30. The number of nitrogens with one attached hydrogen (secondary N) is 3. The van der Waals surface area contributed by atoms with Gasteiger partial charge in [0.2, 0.25) is 0 Å². The normalized spacial score (nSPS) is 16.8. The van der Waals surface area contributed by atoms with Gasteiger partial charge >= 0.3 is 0 Å². The summed E-state index contributed by atoms with van der Waals surface area (Å²) in [6, 6.07) is 12.3. The fourth-order valence-electron chi connectivity index (χ4n) is 2.85. The van der Waals surface area contributed by atoms with Gasteiger partial charge in [0.05, 0.1) is 11.6 Å². The van der Waals surface area contributed by atoms with Gasteiger partial charge < -0.3 is 16.0 Å². The van der Waals surface area contributed by atoms with E-state index in [0.717, 1.165) is 11.1 Å². The second kappa shape index (κ2) is 7.66. The molecule has 0 bridgehead atoms. The van der Waals surface area contributed by atoms with E-state index in [1.807, 2.05) is 38.1 Å². The van der Waals surface area contributed by atoms with Crippen molar-refractivity contribution in [3.8, 4) is 0 Å². The molecule has 1 unspecified atom stereocenters. The van der Waals surface area contributed by atoms with Gasteiger partial charge in [-0.2, -0.15) is 0 Å². The smallest absolute Gasteiger partial charge is 0.255 e. The number of rotatable bonds is 3. The van der Waals surface area contributed by atoms with Gasteiger partial charge in [0.25, 0.3) is 5.91 Å². The van der Waals surface area contributed by atoms with E-state index in [4.69, 9.17) is 35.4 Å². The monoisotopic (exact) mass is 405 g/mol. The molecule has 1 aliphatic rings. The summed E-state index contributed by atoms with van der Waals surface area (Å²) in [4.78, 5) is 13.0. The molecule has 1 heterocycles. The molecule has 1 aliphatic heterocycles. The zero-order valence-electron chi connectivity index (χ0n) is 14.2. The summed E-state index contributed by atoms with van der Waals surface area (Å²) in [6.07, 6.45) is 0. The Morgan fingerprint density at radius 2 is 1.85 bits per heavy atom. The number of benzene rings is 2. The van der Waals surface area contributed by atoms with Crippen molar-refractivity contribution in [2.45, 2.75) is 19.9 Å². The molecule has 2 aromatic rings. The van der Waals surface area contributed by atoms with Crippen molar-refractivity contribution in [3.05, 3.63) is 74.9 Å². The topological polar surface area (TPSA) is 53.2 Å². The molecule has 0 aliphatic carbocycles. The molecule has 3 rings (SSSR count). The third-order valence-electron chi connectivity index (χ3n) is 4.14. The van der Waals surface area contributed by atoms with Crippen molar-refractivity contribution in [2.75, 3.05) is 5.32 Å².